The number of hydrogen-bond donors (Lipinski definition) is 1. The van der Waals surface area contributed by atoms with E-state index in [4.69, 9.17) is 5.73 Å². The number of nitrogens with two attached hydrogens (primary N) is 1. The molecule has 0 bridgehead atoms. The fraction of sp³-hybridized carbons (Fsp3) is 0.556. The second-order valence-electron chi connectivity index (χ2n) is 3.93. The van der Waals surface area contributed by atoms with Crippen LogP contribution in [-0.2, 0) is 10.0 Å². The van der Waals surface area contributed by atoms with Gasteiger partial charge in [-0.15, -0.1) is 23.7 Å². The monoisotopic (exact) mass is 360 g/mol. The highest BCUT2D eigenvalue weighted by Crippen LogP contribution is 2.33. The molecule has 2 rings (SSSR count). The first-order valence-corrected chi connectivity index (χ1v) is 7.98. The van der Waals surface area contributed by atoms with E-state index < -0.39 is 10.0 Å². The SMILES string of the molecule is Cc1cc(S(=O)(=O)N2CCC(N)C2)sc1Br.Cl. The topological polar surface area (TPSA) is 63.4 Å². The molecule has 4 nitrogen and oxygen atoms in total. The average Bonchev–Trinajstić information content (AvgIpc) is 2.75. The highest BCUT2D eigenvalue weighted by Gasteiger charge is 2.32. The minimum atomic E-state index is -3.33. The number of aryl methyl sites for hydroxylation is 1. The molecule has 2 heterocycles. The maximum Gasteiger partial charge on any atom is 0.252 e. The number of hydrogen-bond acceptors (Lipinski definition) is 4. The summed E-state index contributed by atoms with van der Waals surface area (Å²) < 4.78 is 27.1. The Balaban J connectivity index is 0.00000144. The molecule has 0 spiro atoms. The first-order chi connectivity index (χ1) is 7.41. The summed E-state index contributed by atoms with van der Waals surface area (Å²) in [6.45, 7) is 2.84. The molecule has 1 aromatic rings. The van der Waals surface area contributed by atoms with Gasteiger partial charge in [-0.25, -0.2) is 8.42 Å². The van der Waals surface area contributed by atoms with Gasteiger partial charge in [0.05, 0.1) is 3.79 Å². The van der Waals surface area contributed by atoms with Gasteiger partial charge in [-0.05, 0) is 40.9 Å². The molecule has 0 saturated carbocycles. The van der Waals surface area contributed by atoms with Crippen LogP contribution in [0.1, 0.15) is 12.0 Å². The van der Waals surface area contributed by atoms with E-state index in [1.165, 1.54) is 15.6 Å². The lowest BCUT2D eigenvalue weighted by Crippen LogP contribution is -2.31. The smallest absolute Gasteiger partial charge is 0.252 e. The largest absolute Gasteiger partial charge is 0.326 e. The van der Waals surface area contributed by atoms with Crippen molar-refractivity contribution in [2.45, 2.75) is 23.6 Å². The molecule has 8 heteroatoms. The van der Waals surface area contributed by atoms with Gasteiger partial charge in [-0.3, -0.25) is 0 Å². The normalized spacial score (nSPS) is 21.5. The van der Waals surface area contributed by atoms with Crippen molar-refractivity contribution in [3.8, 4) is 0 Å². The maximum atomic E-state index is 12.2. The molecule has 0 aliphatic carbocycles. The van der Waals surface area contributed by atoms with Crippen molar-refractivity contribution in [1.82, 2.24) is 4.31 Å². The van der Waals surface area contributed by atoms with E-state index in [9.17, 15) is 8.42 Å². The van der Waals surface area contributed by atoms with Crippen molar-refractivity contribution < 1.29 is 8.42 Å². The third kappa shape index (κ3) is 3.02. The van der Waals surface area contributed by atoms with E-state index in [-0.39, 0.29) is 18.4 Å². The lowest BCUT2D eigenvalue weighted by Gasteiger charge is -2.13. The average molecular weight is 362 g/mol. The van der Waals surface area contributed by atoms with Crippen LogP contribution in [0.5, 0.6) is 0 Å². The van der Waals surface area contributed by atoms with Crippen molar-refractivity contribution in [3.05, 3.63) is 15.4 Å². The van der Waals surface area contributed by atoms with Gasteiger partial charge < -0.3 is 5.73 Å². The van der Waals surface area contributed by atoms with Crippen LogP contribution in [0.15, 0.2) is 14.1 Å². The quantitative estimate of drug-likeness (QED) is 0.876. The molecule has 2 N–H and O–H groups in total. The molecular formula is C9H14BrClN2O2S2. The Morgan fingerprint density at radius 3 is 2.65 bits per heavy atom. The van der Waals surface area contributed by atoms with E-state index in [0.29, 0.717) is 17.3 Å². The Labute approximate surface area is 120 Å². The summed E-state index contributed by atoms with van der Waals surface area (Å²) in [5.74, 6) is 0. The Morgan fingerprint density at radius 1 is 1.59 bits per heavy atom. The zero-order valence-corrected chi connectivity index (χ0v) is 13.3. The zero-order valence-electron chi connectivity index (χ0n) is 9.22. The molecule has 1 saturated heterocycles. The van der Waals surface area contributed by atoms with Gasteiger partial charge in [0.25, 0.3) is 10.0 Å². The van der Waals surface area contributed by atoms with Gasteiger partial charge >= 0.3 is 0 Å². The van der Waals surface area contributed by atoms with E-state index in [1.54, 1.807) is 6.07 Å². The molecule has 0 amide bonds. The lowest BCUT2D eigenvalue weighted by molar-refractivity contribution is 0.474. The first kappa shape index (κ1) is 15.4. The van der Waals surface area contributed by atoms with Crippen molar-refractivity contribution >= 4 is 49.7 Å². The zero-order chi connectivity index (χ0) is 11.9. The molecule has 1 unspecified atom stereocenters. The van der Waals surface area contributed by atoms with Crippen LogP contribution in [0.3, 0.4) is 0 Å². The summed E-state index contributed by atoms with van der Waals surface area (Å²) in [5.41, 5.74) is 6.67. The first-order valence-electron chi connectivity index (χ1n) is 4.93. The van der Waals surface area contributed by atoms with Gasteiger partial charge in [0.2, 0.25) is 0 Å². The standard InChI is InChI=1S/C9H13BrN2O2S2.ClH/c1-6-4-8(15-9(6)10)16(13,14)12-3-2-7(11)5-12;/h4,7H,2-3,5,11H2,1H3;1H. The Hall–Kier alpha value is 0.340. The highest BCUT2D eigenvalue weighted by atomic mass is 79.9. The summed E-state index contributed by atoms with van der Waals surface area (Å²) in [6.07, 6.45) is 0.741. The van der Waals surface area contributed by atoms with Gasteiger partial charge in [0.15, 0.2) is 0 Å². The molecule has 17 heavy (non-hydrogen) atoms. The Morgan fingerprint density at radius 2 is 2.24 bits per heavy atom. The van der Waals surface area contributed by atoms with Crippen LogP contribution in [0.4, 0.5) is 0 Å². The third-order valence-electron chi connectivity index (χ3n) is 2.62. The summed E-state index contributed by atoms with van der Waals surface area (Å²) >= 11 is 4.60. The van der Waals surface area contributed by atoms with Crippen LogP contribution in [0, 0.1) is 6.92 Å². The molecule has 1 aliphatic heterocycles. The molecule has 1 aliphatic rings. The Kier molecular flexibility index (Phi) is 5.02. The number of thiophene rings is 1. The molecule has 1 fully saturated rings. The molecule has 1 atom stereocenters. The summed E-state index contributed by atoms with van der Waals surface area (Å²) in [5, 5.41) is 0. The minimum Gasteiger partial charge on any atom is -0.326 e. The van der Waals surface area contributed by atoms with Crippen LogP contribution in [0.25, 0.3) is 0 Å². The van der Waals surface area contributed by atoms with E-state index in [1.807, 2.05) is 6.92 Å². The van der Waals surface area contributed by atoms with Crippen LogP contribution < -0.4 is 5.73 Å². The Bertz CT molecular complexity index is 484. The second kappa shape index (κ2) is 5.54. The fourth-order valence-electron chi connectivity index (χ4n) is 1.66. The fourth-order valence-corrected chi connectivity index (χ4v) is 5.55. The van der Waals surface area contributed by atoms with Crippen molar-refractivity contribution in [2.24, 2.45) is 5.73 Å². The van der Waals surface area contributed by atoms with Crippen molar-refractivity contribution in [2.75, 3.05) is 13.1 Å². The molecular weight excluding hydrogens is 348 g/mol. The number of sulfonamides is 1. The molecule has 1 aromatic heterocycles. The van der Waals surface area contributed by atoms with Crippen molar-refractivity contribution in [3.63, 3.8) is 0 Å². The van der Waals surface area contributed by atoms with E-state index in [2.05, 4.69) is 15.9 Å². The number of halogens is 2. The van der Waals surface area contributed by atoms with E-state index in [0.717, 1.165) is 15.8 Å². The van der Waals surface area contributed by atoms with Gasteiger partial charge in [-0.2, -0.15) is 4.31 Å². The number of rotatable bonds is 2. The predicted octanol–water partition coefficient (Wildman–Crippen LogP) is 1.96. The van der Waals surface area contributed by atoms with Gasteiger partial charge in [0, 0.05) is 19.1 Å². The van der Waals surface area contributed by atoms with Crippen LogP contribution in [-0.4, -0.2) is 31.9 Å². The maximum absolute atomic E-state index is 12.2. The van der Waals surface area contributed by atoms with Gasteiger partial charge in [0.1, 0.15) is 4.21 Å². The molecule has 0 radical (unpaired) electrons. The highest BCUT2D eigenvalue weighted by molar-refractivity contribution is 9.11. The van der Waals surface area contributed by atoms with E-state index >= 15 is 0 Å². The molecule has 0 aromatic carbocycles. The summed E-state index contributed by atoms with van der Waals surface area (Å²) in [7, 11) is -3.33. The van der Waals surface area contributed by atoms with Crippen LogP contribution in [0.2, 0.25) is 0 Å². The summed E-state index contributed by atoms with van der Waals surface area (Å²) in [6, 6.07) is 1.67. The lowest BCUT2D eigenvalue weighted by atomic mass is 10.3. The predicted molar refractivity (Wildman–Crippen MR) is 75.4 cm³/mol. The third-order valence-corrected chi connectivity index (χ3v) is 7.07. The minimum absolute atomic E-state index is 0. The van der Waals surface area contributed by atoms with Gasteiger partial charge in [-0.1, -0.05) is 0 Å². The number of nitrogens with zero attached hydrogens (tertiary/aromatic N) is 1. The second-order valence-corrected chi connectivity index (χ2v) is 8.47. The van der Waals surface area contributed by atoms with Crippen LogP contribution >= 0.6 is 39.7 Å². The summed E-state index contributed by atoms with van der Waals surface area (Å²) in [4.78, 5) is 0. The molecule has 98 valence electrons. The van der Waals surface area contributed by atoms with Crippen molar-refractivity contribution in [1.29, 1.82) is 0 Å².